The third-order valence-electron chi connectivity index (χ3n) is 2.36. The van der Waals surface area contributed by atoms with E-state index in [1.165, 1.54) is 0 Å². The highest BCUT2D eigenvalue weighted by molar-refractivity contribution is 6.17. The van der Waals surface area contributed by atoms with Gasteiger partial charge in [0, 0.05) is 18.5 Å². The van der Waals surface area contributed by atoms with Gasteiger partial charge in [0.05, 0.1) is 0 Å². The van der Waals surface area contributed by atoms with Crippen molar-refractivity contribution in [3.8, 4) is 0 Å². The van der Waals surface area contributed by atoms with Gasteiger partial charge >= 0.3 is 0 Å². The highest BCUT2D eigenvalue weighted by atomic mass is 35.5. The van der Waals surface area contributed by atoms with E-state index in [0.29, 0.717) is 23.9 Å². The van der Waals surface area contributed by atoms with Crippen molar-refractivity contribution < 1.29 is 9.32 Å². The maximum atomic E-state index is 11.6. The molecular formula is C11H17ClN2O2. The van der Waals surface area contributed by atoms with Gasteiger partial charge in [-0.15, -0.1) is 11.6 Å². The van der Waals surface area contributed by atoms with Crippen LogP contribution in [-0.4, -0.2) is 23.5 Å². The summed E-state index contributed by atoms with van der Waals surface area (Å²) < 4.78 is 4.83. The summed E-state index contributed by atoms with van der Waals surface area (Å²) in [5, 5.41) is 6.47. The zero-order chi connectivity index (χ0) is 12.2. The molecule has 1 amide bonds. The van der Waals surface area contributed by atoms with Crippen molar-refractivity contribution in [2.24, 2.45) is 5.41 Å². The van der Waals surface area contributed by atoms with E-state index in [-0.39, 0.29) is 11.3 Å². The van der Waals surface area contributed by atoms with Gasteiger partial charge in [0.15, 0.2) is 5.69 Å². The Bertz CT molecular complexity index is 361. The Kier molecular flexibility index (Phi) is 4.35. The van der Waals surface area contributed by atoms with E-state index in [9.17, 15) is 4.79 Å². The molecule has 0 saturated heterocycles. The fourth-order valence-electron chi connectivity index (χ4n) is 1.23. The van der Waals surface area contributed by atoms with Crippen molar-refractivity contribution in [3.63, 3.8) is 0 Å². The Morgan fingerprint density at radius 2 is 2.31 bits per heavy atom. The molecule has 1 aromatic heterocycles. The number of nitrogens with zero attached hydrogens (tertiary/aromatic N) is 1. The lowest BCUT2D eigenvalue weighted by Gasteiger charge is -2.23. The van der Waals surface area contributed by atoms with Gasteiger partial charge in [-0.05, 0) is 18.8 Å². The summed E-state index contributed by atoms with van der Waals surface area (Å²) in [6, 6.07) is 1.61. The minimum atomic E-state index is -0.209. The fraction of sp³-hybridized carbons (Fsp3) is 0.636. The lowest BCUT2D eigenvalue weighted by molar-refractivity contribution is 0.0926. The maximum absolute atomic E-state index is 11.6. The summed E-state index contributed by atoms with van der Waals surface area (Å²) in [6.07, 6.45) is 0.854. The van der Waals surface area contributed by atoms with Crippen molar-refractivity contribution in [3.05, 3.63) is 17.5 Å². The zero-order valence-electron chi connectivity index (χ0n) is 9.84. The van der Waals surface area contributed by atoms with Crippen molar-refractivity contribution in [1.29, 1.82) is 0 Å². The van der Waals surface area contributed by atoms with Crippen molar-refractivity contribution in [2.45, 2.75) is 27.2 Å². The first-order valence-corrected chi connectivity index (χ1v) is 5.75. The van der Waals surface area contributed by atoms with E-state index in [1.807, 2.05) is 0 Å². The van der Waals surface area contributed by atoms with Gasteiger partial charge < -0.3 is 9.84 Å². The van der Waals surface area contributed by atoms with Crippen LogP contribution >= 0.6 is 11.6 Å². The predicted octanol–water partition coefficient (Wildman–Crippen LogP) is 2.37. The second kappa shape index (κ2) is 5.34. The maximum Gasteiger partial charge on any atom is 0.273 e. The molecule has 0 aliphatic rings. The first-order valence-electron chi connectivity index (χ1n) is 5.22. The molecule has 1 rings (SSSR count). The normalized spacial score (nSPS) is 11.5. The Hall–Kier alpha value is -1.03. The van der Waals surface area contributed by atoms with Gasteiger partial charge in [-0.2, -0.15) is 0 Å². The van der Waals surface area contributed by atoms with Gasteiger partial charge in [-0.25, -0.2) is 0 Å². The molecule has 0 radical (unpaired) electrons. The highest BCUT2D eigenvalue weighted by Gasteiger charge is 2.19. The number of amides is 1. The van der Waals surface area contributed by atoms with Crippen LogP contribution in [0.1, 0.15) is 36.5 Å². The average Bonchev–Trinajstić information content (AvgIpc) is 2.61. The van der Waals surface area contributed by atoms with Crippen molar-refractivity contribution in [1.82, 2.24) is 10.5 Å². The lowest BCUT2D eigenvalue weighted by Crippen LogP contribution is -2.34. The number of halogens is 1. The molecule has 0 spiro atoms. The van der Waals surface area contributed by atoms with Crippen LogP contribution in [0.4, 0.5) is 0 Å². The van der Waals surface area contributed by atoms with E-state index in [2.05, 4.69) is 24.3 Å². The molecule has 0 unspecified atom stereocenters. The fourth-order valence-corrected chi connectivity index (χ4v) is 1.74. The van der Waals surface area contributed by atoms with Gasteiger partial charge in [-0.1, -0.05) is 19.0 Å². The molecule has 1 heterocycles. The predicted molar refractivity (Wildman–Crippen MR) is 62.7 cm³/mol. The van der Waals surface area contributed by atoms with Crippen LogP contribution in [0.25, 0.3) is 0 Å². The number of carbonyl (C=O) groups excluding carboxylic acids is 1. The minimum absolute atomic E-state index is 0.00378. The third kappa shape index (κ3) is 3.85. The standard InChI is InChI=1S/C11H17ClN2O2/c1-8-6-9(14-16-8)10(15)13-7-11(2,3)4-5-12/h6H,4-5,7H2,1-3H3,(H,13,15). The molecule has 0 fully saturated rings. The minimum Gasteiger partial charge on any atom is -0.361 e. The first kappa shape index (κ1) is 13.0. The summed E-state index contributed by atoms with van der Waals surface area (Å²) in [5.41, 5.74) is 0.315. The lowest BCUT2D eigenvalue weighted by atomic mass is 9.90. The van der Waals surface area contributed by atoms with Crippen LogP contribution in [0.3, 0.4) is 0 Å². The molecule has 0 aliphatic carbocycles. The van der Waals surface area contributed by atoms with Crippen molar-refractivity contribution in [2.75, 3.05) is 12.4 Å². The van der Waals surface area contributed by atoms with Gasteiger partial charge in [0.2, 0.25) is 0 Å². The van der Waals surface area contributed by atoms with E-state index in [4.69, 9.17) is 16.1 Å². The van der Waals surface area contributed by atoms with E-state index < -0.39 is 0 Å². The van der Waals surface area contributed by atoms with E-state index in [1.54, 1.807) is 13.0 Å². The highest BCUT2D eigenvalue weighted by Crippen LogP contribution is 2.19. The quantitative estimate of drug-likeness (QED) is 0.809. The molecule has 0 aromatic carbocycles. The van der Waals surface area contributed by atoms with Gasteiger partial charge in [-0.3, -0.25) is 4.79 Å². The van der Waals surface area contributed by atoms with Crippen LogP contribution in [0.5, 0.6) is 0 Å². The molecule has 0 aliphatic heterocycles. The second-order valence-electron chi connectivity index (χ2n) is 4.61. The molecule has 0 saturated carbocycles. The Balaban J connectivity index is 2.47. The molecule has 1 N–H and O–H groups in total. The molecule has 16 heavy (non-hydrogen) atoms. The van der Waals surface area contributed by atoms with Crippen LogP contribution in [0.15, 0.2) is 10.6 Å². The summed E-state index contributed by atoms with van der Waals surface area (Å²) in [7, 11) is 0. The summed E-state index contributed by atoms with van der Waals surface area (Å²) >= 11 is 5.68. The SMILES string of the molecule is Cc1cc(C(=O)NCC(C)(C)CCCl)no1. The number of aryl methyl sites for hydroxylation is 1. The molecule has 1 aromatic rings. The van der Waals surface area contributed by atoms with Crippen LogP contribution < -0.4 is 5.32 Å². The largest absolute Gasteiger partial charge is 0.361 e. The second-order valence-corrected chi connectivity index (χ2v) is 4.99. The van der Waals surface area contributed by atoms with Crippen LogP contribution in [0.2, 0.25) is 0 Å². The third-order valence-corrected chi connectivity index (χ3v) is 2.55. The number of aromatic nitrogens is 1. The van der Waals surface area contributed by atoms with Crippen molar-refractivity contribution >= 4 is 17.5 Å². The van der Waals surface area contributed by atoms with Gasteiger partial charge in [0.25, 0.3) is 5.91 Å². The Morgan fingerprint density at radius 3 is 2.81 bits per heavy atom. The molecule has 0 bridgehead atoms. The monoisotopic (exact) mass is 244 g/mol. The molecule has 5 heteroatoms. The Morgan fingerprint density at radius 1 is 1.62 bits per heavy atom. The van der Waals surface area contributed by atoms with Crippen LogP contribution in [-0.2, 0) is 0 Å². The first-order chi connectivity index (χ1) is 7.44. The number of alkyl halides is 1. The average molecular weight is 245 g/mol. The Labute approximate surface area is 100 Å². The molecular weight excluding hydrogens is 228 g/mol. The topological polar surface area (TPSA) is 55.1 Å². The van der Waals surface area contributed by atoms with E-state index >= 15 is 0 Å². The number of hydrogen-bond donors (Lipinski definition) is 1. The van der Waals surface area contributed by atoms with Crippen LogP contribution in [0, 0.1) is 12.3 Å². The number of hydrogen-bond acceptors (Lipinski definition) is 3. The van der Waals surface area contributed by atoms with E-state index in [0.717, 1.165) is 6.42 Å². The number of nitrogens with one attached hydrogen (secondary N) is 1. The zero-order valence-corrected chi connectivity index (χ0v) is 10.6. The molecule has 90 valence electrons. The summed E-state index contributed by atoms with van der Waals surface area (Å²) in [6.45, 7) is 6.44. The number of rotatable bonds is 5. The molecule has 0 atom stereocenters. The summed E-state index contributed by atoms with van der Waals surface area (Å²) in [5.74, 6) is 1.01. The number of carbonyl (C=O) groups is 1. The smallest absolute Gasteiger partial charge is 0.273 e. The molecule has 4 nitrogen and oxygen atoms in total. The van der Waals surface area contributed by atoms with Gasteiger partial charge in [0.1, 0.15) is 5.76 Å². The summed E-state index contributed by atoms with van der Waals surface area (Å²) in [4.78, 5) is 11.6.